The summed E-state index contributed by atoms with van der Waals surface area (Å²) in [4.78, 5) is 0. The van der Waals surface area contributed by atoms with Crippen LogP contribution in [-0.4, -0.2) is 0 Å². The summed E-state index contributed by atoms with van der Waals surface area (Å²) in [6.45, 7) is 1.51. The molecule has 0 heterocycles. The first kappa shape index (κ1) is 29.7. The van der Waals surface area contributed by atoms with Gasteiger partial charge in [0.1, 0.15) is 0 Å². The van der Waals surface area contributed by atoms with Crippen LogP contribution < -0.4 is 15.9 Å². The van der Waals surface area contributed by atoms with Crippen molar-refractivity contribution in [1.82, 2.24) is 0 Å². The number of aryl methyl sites for hydroxylation is 1. The predicted molar refractivity (Wildman–Crippen MR) is 145 cm³/mol. The molecule has 42 heavy (non-hydrogen) atoms. The summed E-state index contributed by atoms with van der Waals surface area (Å²) in [5, 5.41) is -0.554. The Labute approximate surface area is 234 Å². The van der Waals surface area contributed by atoms with Gasteiger partial charge in [-0.2, -0.15) is 39.5 Å². The molecule has 218 valence electrons. The van der Waals surface area contributed by atoms with Gasteiger partial charge in [-0.1, -0.05) is 61.5 Å². The fourth-order valence-corrected chi connectivity index (χ4v) is 8.68. The fraction of sp³-hybridized carbons (Fsp3) is 0.161. The van der Waals surface area contributed by atoms with Gasteiger partial charge in [-0.25, -0.2) is 0 Å². The minimum atomic E-state index is -5.28. The Kier molecular flexibility index (Phi) is 7.21. The molecule has 0 fully saturated rings. The molecule has 0 bridgehead atoms. The van der Waals surface area contributed by atoms with Gasteiger partial charge >= 0.3 is 18.5 Å². The van der Waals surface area contributed by atoms with Crippen LogP contribution in [0.25, 0.3) is 21.5 Å². The summed E-state index contributed by atoms with van der Waals surface area (Å²) in [6.07, 6.45) is -15.4. The molecule has 0 saturated carbocycles. The van der Waals surface area contributed by atoms with Crippen molar-refractivity contribution in [1.29, 1.82) is 0 Å². The van der Waals surface area contributed by atoms with Crippen LogP contribution in [0.5, 0.6) is 0 Å². The van der Waals surface area contributed by atoms with E-state index in [9.17, 15) is 39.5 Å². The summed E-state index contributed by atoms with van der Waals surface area (Å²) in [5.74, 6) is 0. The molecule has 1 atom stereocenters. The normalized spacial score (nSPS) is 14.3. The Balaban J connectivity index is 2.06. The quantitative estimate of drug-likeness (QED) is 0.113. The first-order valence-corrected chi connectivity index (χ1v) is 14.3. The maximum atomic E-state index is 15.6. The molecule has 0 spiro atoms. The Morgan fingerprint density at radius 2 is 1.07 bits per heavy atom. The SMILES string of the molecule is CCc1ccc(C(F)(F)F)cc1P(=O)(c1cc(C(F)(F)F)ccc1C(F)(F)F)c1cc2ccccc2c2ccccc12. The lowest BCUT2D eigenvalue weighted by Gasteiger charge is -2.28. The Hall–Kier alpha value is -3.78. The third-order valence-electron chi connectivity index (χ3n) is 7.19. The van der Waals surface area contributed by atoms with E-state index in [1.807, 2.05) is 0 Å². The van der Waals surface area contributed by atoms with Crippen LogP contribution in [0, 0.1) is 0 Å². The summed E-state index contributed by atoms with van der Waals surface area (Å²) >= 11 is 0. The van der Waals surface area contributed by atoms with Gasteiger partial charge < -0.3 is 4.57 Å². The van der Waals surface area contributed by atoms with Crippen LogP contribution in [0.15, 0.2) is 91.0 Å². The highest BCUT2D eigenvalue weighted by molar-refractivity contribution is 7.86. The average molecular weight is 610 g/mol. The summed E-state index contributed by atoms with van der Waals surface area (Å²) in [6, 6.07) is 16.9. The molecule has 0 aliphatic rings. The largest absolute Gasteiger partial charge is 0.417 e. The molecule has 11 heteroatoms. The second-order valence-electron chi connectivity index (χ2n) is 9.69. The van der Waals surface area contributed by atoms with Crippen molar-refractivity contribution in [3.63, 3.8) is 0 Å². The maximum Gasteiger partial charge on any atom is 0.417 e. The van der Waals surface area contributed by atoms with Gasteiger partial charge in [0.15, 0.2) is 7.14 Å². The summed E-state index contributed by atoms with van der Waals surface area (Å²) < 4.78 is 143. The molecular weight excluding hydrogens is 590 g/mol. The first-order chi connectivity index (χ1) is 19.6. The first-order valence-electron chi connectivity index (χ1n) is 12.6. The van der Waals surface area contributed by atoms with Crippen molar-refractivity contribution in [2.24, 2.45) is 0 Å². The van der Waals surface area contributed by atoms with Crippen LogP contribution in [0.1, 0.15) is 29.2 Å². The van der Waals surface area contributed by atoms with Crippen molar-refractivity contribution >= 4 is 44.6 Å². The van der Waals surface area contributed by atoms with E-state index in [0.717, 1.165) is 6.07 Å². The lowest BCUT2D eigenvalue weighted by Crippen LogP contribution is -2.33. The van der Waals surface area contributed by atoms with Gasteiger partial charge in [0, 0.05) is 15.9 Å². The number of benzene rings is 5. The van der Waals surface area contributed by atoms with Gasteiger partial charge in [-0.05, 0) is 69.9 Å². The zero-order valence-electron chi connectivity index (χ0n) is 21.6. The summed E-state index contributed by atoms with van der Waals surface area (Å²) in [5.41, 5.74) is -4.42. The molecule has 1 nitrogen and oxygen atoms in total. The third kappa shape index (κ3) is 5.06. The highest BCUT2D eigenvalue weighted by Gasteiger charge is 2.45. The van der Waals surface area contributed by atoms with Crippen molar-refractivity contribution in [3.05, 3.63) is 113 Å². The van der Waals surface area contributed by atoms with E-state index in [0.29, 0.717) is 28.3 Å². The number of halogens is 9. The Morgan fingerprint density at radius 1 is 0.548 bits per heavy atom. The van der Waals surface area contributed by atoms with Gasteiger partial charge in [0.2, 0.25) is 0 Å². The van der Waals surface area contributed by atoms with E-state index < -0.39 is 53.0 Å². The molecule has 0 radical (unpaired) electrons. The topological polar surface area (TPSA) is 17.1 Å². The third-order valence-corrected chi connectivity index (χ3v) is 10.4. The van der Waals surface area contributed by atoms with E-state index in [1.165, 1.54) is 25.1 Å². The standard InChI is InChI=1S/C31H20F9OP/c1-2-18-11-12-20(29(32,33)34)16-26(18)42(41,28-17-21(30(35,36)37)13-14-25(28)31(38,39)40)27-15-19-7-3-4-8-22(19)23-9-5-6-10-24(23)27/h3-17H,2H2,1H3. The van der Waals surface area contributed by atoms with Crippen LogP contribution in [0.3, 0.4) is 0 Å². The highest BCUT2D eigenvalue weighted by atomic mass is 31.2. The number of hydrogen-bond acceptors (Lipinski definition) is 1. The van der Waals surface area contributed by atoms with Gasteiger partial charge in [0.05, 0.1) is 16.7 Å². The minimum absolute atomic E-state index is 0.00843. The molecule has 0 aliphatic heterocycles. The summed E-state index contributed by atoms with van der Waals surface area (Å²) in [7, 11) is -5.13. The van der Waals surface area contributed by atoms with Crippen LogP contribution >= 0.6 is 7.14 Å². The van der Waals surface area contributed by atoms with Crippen LogP contribution in [-0.2, 0) is 29.5 Å². The van der Waals surface area contributed by atoms with E-state index in [2.05, 4.69) is 0 Å². The smallest absolute Gasteiger partial charge is 0.309 e. The molecule has 0 N–H and O–H groups in total. The van der Waals surface area contributed by atoms with Gasteiger partial charge in [-0.3, -0.25) is 0 Å². The molecule has 1 unspecified atom stereocenters. The van der Waals surface area contributed by atoms with Crippen molar-refractivity contribution in [3.8, 4) is 0 Å². The molecule has 0 aromatic heterocycles. The average Bonchev–Trinajstić information content (AvgIpc) is 2.94. The number of hydrogen-bond donors (Lipinski definition) is 0. The minimum Gasteiger partial charge on any atom is -0.309 e. The van der Waals surface area contributed by atoms with Gasteiger partial charge in [0.25, 0.3) is 0 Å². The van der Waals surface area contributed by atoms with E-state index in [-0.39, 0.29) is 40.9 Å². The second kappa shape index (κ2) is 10.2. The zero-order valence-corrected chi connectivity index (χ0v) is 22.5. The highest BCUT2D eigenvalue weighted by Crippen LogP contribution is 2.51. The molecule has 0 aliphatic carbocycles. The number of fused-ring (bicyclic) bond motifs is 3. The van der Waals surface area contributed by atoms with Crippen molar-refractivity contribution < 1.29 is 44.1 Å². The van der Waals surface area contributed by atoms with Crippen molar-refractivity contribution in [2.75, 3.05) is 0 Å². The molecular formula is C31H20F9OP. The number of rotatable bonds is 4. The van der Waals surface area contributed by atoms with E-state index in [1.54, 1.807) is 36.4 Å². The molecule has 5 rings (SSSR count). The lowest BCUT2D eigenvalue weighted by molar-refractivity contribution is -0.140. The Morgan fingerprint density at radius 3 is 1.64 bits per heavy atom. The monoisotopic (exact) mass is 610 g/mol. The number of alkyl halides is 9. The second-order valence-corrected chi connectivity index (χ2v) is 12.4. The van der Waals surface area contributed by atoms with E-state index in [4.69, 9.17) is 0 Å². The van der Waals surface area contributed by atoms with E-state index >= 15 is 4.57 Å². The Bertz CT molecular complexity index is 1870. The lowest BCUT2D eigenvalue weighted by atomic mass is 10.0. The molecule has 0 amide bonds. The zero-order chi connectivity index (χ0) is 30.7. The fourth-order valence-electron chi connectivity index (χ4n) is 5.22. The molecule has 5 aromatic carbocycles. The van der Waals surface area contributed by atoms with Crippen molar-refractivity contribution in [2.45, 2.75) is 31.9 Å². The molecule has 0 saturated heterocycles. The van der Waals surface area contributed by atoms with Crippen LogP contribution in [0.4, 0.5) is 39.5 Å². The maximum absolute atomic E-state index is 15.6. The molecule has 5 aromatic rings. The predicted octanol–water partition coefficient (Wildman–Crippen LogP) is 9.25. The van der Waals surface area contributed by atoms with Crippen LogP contribution in [0.2, 0.25) is 0 Å². The van der Waals surface area contributed by atoms with Gasteiger partial charge in [-0.15, -0.1) is 0 Å².